The number of halogens is 3. The molecule has 2 aromatic carbocycles. The first-order valence-corrected chi connectivity index (χ1v) is 13.4. The molecule has 4 atom stereocenters. The van der Waals surface area contributed by atoms with E-state index in [1.54, 1.807) is 0 Å². The Morgan fingerprint density at radius 3 is 2.38 bits per heavy atom. The maximum atomic E-state index is 14.5. The lowest BCUT2D eigenvalue weighted by molar-refractivity contribution is -0.140. The fraction of sp³-hybridized carbons (Fsp3) is 0.448. The van der Waals surface area contributed by atoms with E-state index in [0.29, 0.717) is 57.3 Å². The van der Waals surface area contributed by atoms with Crippen LogP contribution < -0.4 is 11.1 Å². The van der Waals surface area contributed by atoms with Crippen LogP contribution in [-0.4, -0.2) is 64.8 Å². The second-order valence-corrected chi connectivity index (χ2v) is 10.3. The predicted molar refractivity (Wildman–Crippen MR) is 140 cm³/mol. The van der Waals surface area contributed by atoms with Gasteiger partial charge in [0.15, 0.2) is 11.6 Å². The van der Waals surface area contributed by atoms with E-state index in [4.69, 9.17) is 5.73 Å². The van der Waals surface area contributed by atoms with Crippen molar-refractivity contribution in [3.05, 3.63) is 71.0 Å². The molecule has 0 saturated carbocycles. The van der Waals surface area contributed by atoms with Gasteiger partial charge < -0.3 is 20.9 Å². The molecule has 8 nitrogen and oxygen atoms in total. The summed E-state index contributed by atoms with van der Waals surface area (Å²) in [6.45, 7) is 0.708. The molecule has 2 aromatic rings. The summed E-state index contributed by atoms with van der Waals surface area (Å²) in [5.74, 6) is -4.95. The van der Waals surface area contributed by atoms with Crippen molar-refractivity contribution in [1.82, 2.24) is 15.1 Å². The molecule has 212 valence electrons. The smallest absolute Gasteiger partial charge is 0.243 e. The first-order chi connectivity index (χ1) is 19.2. The maximum absolute atomic E-state index is 14.5. The molecular weight excluding hydrogens is 523 g/mol. The van der Waals surface area contributed by atoms with Gasteiger partial charge in [0.05, 0.1) is 12.1 Å². The summed E-state index contributed by atoms with van der Waals surface area (Å²) in [6, 6.07) is 9.17. The molecule has 2 aliphatic heterocycles. The molecule has 0 spiro atoms. The van der Waals surface area contributed by atoms with Crippen LogP contribution in [0.1, 0.15) is 43.2 Å². The van der Waals surface area contributed by atoms with Gasteiger partial charge in [-0.1, -0.05) is 30.3 Å². The summed E-state index contributed by atoms with van der Waals surface area (Å²) >= 11 is 0. The van der Waals surface area contributed by atoms with Crippen LogP contribution in [0.25, 0.3) is 0 Å². The van der Waals surface area contributed by atoms with Gasteiger partial charge in [0.2, 0.25) is 17.7 Å². The molecule has 0 bridgehead atoms. The summed E-state index contributed by atoms with van der Waals surface area (Å²) in [5, 5.41) is 12.1. The third kappa shape index (κ3) is 6.80. The lowest BCUT2D eigenvalue weighted by Crippen LogP contribution is -2.54. The molecule has 40 heavy (non-hydrogen) atoms. The number of carbonyl (C=O) groups is 3. The minimum Gasteiger partial charge on any atom is -0.351 e. The van der Waals surface area contributed by atoms with Gasteiger partial charge in [-0.05, 0) is 55.7 Å². The lowest BCUT2D eigenvalue weighted by atomic mass is 10.0. The van der Waals surface area contributed by atoms with Crippen molar-refractivity contribution in [3.8, 4) is 6.07 Å². The topological polar surface area (TPSA) is 120 Å². The molecule has 2 aliphatic rings. The fourth-order valence-corrected chi connectivity index (χ4v) is 5.46. The van der Waals surface area contributed by atoms with Gasteiger partial charge in [-0.25, -0.2) is 13.2 Å². The van der Waals surface area contributed by atoms with E-state index >= 15 is 0 Å². The van der Waals surface area contributed by atoms with E-state index in [2.05, 4.69) is 11.4 Å². The Labute approximate surface area is 230 Å². The van der Waals surface area contributed by atoms with Crippen molar-refractivity contribution in [2.45, 2.75) is 69.1 Å². The first-order valence-electron chi connectivity index (χ1n) is 13.4. The molecule has 3 amide bonds. The first kappa shape index (κ1) is 29.1. The number of likely N-dealkylation sites (tertiary alicyclic amines) is 2. The highest BCUT2D eigenvalue weighted by atomic mass is 19.2. The highest BCUT2D eigenvalue weighted by molar-refractivity contribution is 5.91. The predicted octanol–water partition coefficient (Wildman–Crippen LogP) is 2.60. The van der Waals surface area contributed by atoms with Crippen LogP contribution in [0.15, 0.2) is 42.5 Å². The fourth-order valence-electron chi connectivity index (χ4n) is 5.46. The van der Waals surface area contributed by atoms with Gasteiger partial charge in [-0.2, -0.15) is 5.26 Å². The third-order valence-electron chi connectivity index (χ3n) is 7.50. The summed E-state index contributed by atoms with van der Waals surface area (Å²) in [5.41, 5.74) is 6.87. The van der Waals surface area contributed by atoms with Crippen LogP contribution in [0.2, 0.25) is 0 Å². The summed E-state index contributed by atoms with van der Waals surface area (Å²) in [6.07, 6.45) is 1.85. The highest BCUT2D eigenvalue weighted by Crippen LogP contribution is 2.23. The number of amides is 3. The molecule has 3 unspecified atom stereocenters. The quantitative estimate of drug-likeness (QED) is 0.461. The molecule has 2 heterocycles. The summed E-state index contributed by atoms with van der Waals surface area (Å²) in [4.78, 5) is 42.5. The second-order valence-electron chi connectivity index (χ2n) is 10.3. The van der Waals surface area contributed by atoms with Gasteiger partial charge in [0.25, 0.3) is 0 Å². The maximum Gasteiger partial charge on any atom is 0.243 e. The van der Waals surface area contributed by atoms with E-state index in [-0.39, 0.29) is 24.3 Å². The molecule has 11 heteroatoms. The van der Waals surface area contributed by atoms with Gasteiger partial charge in [0.1, 0.15) is 17.9 Å². The molecule has 0 radical (unpaired) electrons. The average molecular weight is 556 g/mol. The Balaban J connectivity index is 1.49. The minimum absolute atomic E-state index is 0.209. The van der Waals surface area contributed by atoms with Crippen molar-refractivity contribution < 1.29 is 27.6 Å². The Morgan fingerprint density at radius 2 is 1.65 bits per heavy atom. The zero-order valence-corrected chi connectivity index (χ0v) is 22.0. The Bertz CT molecular complexity index is 1290. The van der Waals surface area contributed by atoms with E-state index in [9.17, 15) is 32.8 Å². The number of carbonyl (C=O) groups excluding carboxylic acids is 3. The molecule has 4 rings (SSSR count). The Morgan fingerprint density at radius 1 is 0.975 bits per heavy atom. The van der Waals surface area contributed by atoms with Crippen molar-refractivity contribution in [2.75, 3.05) is 13.1 Å². The van der Waals surface area contributed by atoms with E-state index in [1.165, 1.54) is 9.80 Å². The van der Waals surface area contributed by atoms with Gasteiger partial charge >= 0.3 is 0 Å². The van der Waals surface area contributed by atoms with Crippen LogP contribution in [0.5, 0.6) is 0 Å². The van der Waals surface area contributed by atoms with Crippen LogP contribution >= 0.6 is 0 Å². The van der Waals surface area contributed by atoms with Crippen molar-refractivity contribution in [1.29, 1.82) is 5.26 Å². The number of nitrogens with one attached hydrogen (secondary N) is 1. The molecule has 2 saturated heterocycles. The minimum atomic E-state index is -1.35. The van der Waals surface area contributed by atoms with Crippen LogP contribution in [0.4, 0.5) is 13.2 Å². The monoisotopic (exact) mass is 555 g/mol. The SMILES string of the molecule is N#CC1CCCN1C(=O)C[C@@H](Cc1cc(F)c(F)cc1F)NC(=O)C1CCCN1C(=O)C(N)Cc1ccccc1. The van der Waals surface area contributed by atoms with Gasteiger partial charge in [-0.15, -0.1) is 0 Å². The number of rotatable bonds is 9. The van der Waals surface area contributed by atoms with Crippen molar-refractivity contribution >= 4 is 17.7 Å². The standard InChI is InChI=1S/C29H32F3N5O3/c30-22-16-24(32)23(31)14-19(22)13-20(15-27(38)36-10-4-8-21(36)17-33)35-28(39)26-9-5-11-37(26)29(40)25(34)12-18-6-2-1-3-7-18/h1-3,6-7,14,16,20-21,25-26H,4-5,8-13,15,34H2,(H,35,39)/t20-,21?,25?,26?/m1/s1. The summed E-state index contributed by atoms with van der Waals surface area (Å²) in [7, 11) is 0. The highest BCUT2D eigenvalue weighted by Gasteiger charge is 2.38. The zero-order chi connectivity index (χ0) is 28.8. The average Bonchev–Trinajstić information content (AvgIpc) is 3.62. The number of benzene rings is 2. The molecule has 0 aliphatic carbocycles. The molecule has 0 aromatic heterocycles. The second kappa shape index (κ2) is 13.0. The van der Waals surface area contributed by atoms with E-state index < -0.39 is 53.4 Å². The molecular formula is C29H32F3N5O3. The Kier molecular flexibility index (Phi) is 9.42. The molecule has 3 N–H and O–H groups in total. The van der Waals surface area contributed by atoms with Gasteiger partial charge in [-0.3, -0.25) is 14.4 Å². The largest absolute Gasteiger partial charge is 0.351 e. The van der Waals surface area contributed by atoms with Gasteiger partial charge in [0, 0.05) is 31.6 Å². The number of nitriles is 1. The number of hydrogen-bond donors (Lipinski definition) is 2. The zero-order valence-electron chi connectivity index (χ0n) is 22.0. The number of nitrogens with two attached hydrogens (primary N) is 1. The number of nitrogens with zero attached hydrogens (tertiary/aromatic N) is 3. The lowest BCUT2D eigenvalue weighted by Gasteiger charge is -2.29. The third-order valence-corrected chi connectivity index (χ3v) is 7.50. The van der Waals surface area contributed by atoms with Crippen molar-refractivity contribution in [2.24, 2.45) is 5.73 Å². The normalized spacial score (nSPS) is 20.2. The van der Waals surface area contributed by atoms with Crippen LogP contribution in [0.3, 0.4) is 0 Å². The summed E-state index contributed by atoms with van der Waals surface area (Å²) < 4.78 is 41.9. The van der Waals surface area contributed by atoms with Crippen LogP contribution in [0, 0.1) is 28.8 Å². The van der Waals surface area contributed by atoms with E-state index in [1.807, 2.05) is 30.3 Å². The van der Waals surface area contributed by atoms with Crippen molar-refractivity contribution in [3.63, 3.8) is 0 Å². The molecule has 2 fully saturated rings. The number of hydrogen-bond acceptors (Lipinski definition) is 5. The van der Waals surface area contributed by atoms with Crippen LogP contribution in [-0.2, 0) is 27.2 Å². The van der Waals surface area contributed by atoms with E-state index in [0.717, 1.165) is 5.56 Å². The Hall–Kier alpha value is -3.91.